The van der Waals surface area contributed by atoms with Gasteiger partial charge in [-0.25, -0.2) is 12.4 Å². The molecule has 2 aromatic carbocycles. The predicted molar refractivity (Wildman–Crippen MR) is 104 cm³/mol. The van der Waals surface area contributed by atoms with Crippen molar-refractivity contribution in [1.29, 1.82) is 0 Å². The van der Waals surface area contributed by atoms with E-state index in [2.05, 4.69) is 5.32 Å². The molecule has 0 saturated carbocycles. The van der Waals surface area contributed by atoms with Gasteiger partial charge in [0.1, 0.15) is 5.15 Å². The summed E-state index contributed by atoms with van der Waals surface area (Å²) in [5, 5.41) is 3.22. The summed E-state index contributed by atoms with van der Waals surface area (Å²) < 4.78 is 27.5. The third kappa shape index (κ3) is 3.75. The van der Waals surface area contributed by atoms with Gasteiger partial charge in [0.2, 0.25) is 0 Å². The fourth-order valence-corrected chi connectivity index (χ4v) is 4.52. The maximum Gasteiger partial charge on any atom is 0.269 e. The molecule has 0 saturated heterocycles. The molecule has 132 valence electrons. The monoisotopic (exact) mass is 396 g/mol. The molecule has 25 heavy (non-hydrogen) atoms. The largest absolute Gasteiger partial charge is 0.316 e. The van der Waals surface area contributed by atoms with Crippen molar-refractivity contribution in [1.82, 2.24) is 9.29 Å². The summed E-state index contributed by atoms with van der Waals surface area (Å²) in [7, 11) is -2.00. The Kier molecular flexibility index (Phi) is 6.30. The topological polar surface area (TPSA) is 51.1 Å². The highest BCUT2D eigenvalue weighted by Gasteiger charge is 2.25. The lowest BCUT2D eigenvalue weighted by molar-refractivity contribution is 0.588. The van der Waals surface area contributed by atoms with E-state index in [0.29, 0.717) is 12.2 Å². The summed E-state index contributed by atoms with van der Waals surface area (Å²) in [6.45, 7) is 0.482. The van der Waals surface area contributed by atoms with Crippen molar-refractivity contribution in [3.8, 4) is 11.3 Å². The van der Waals surface area contributed by atoms with E-state index < -0.39 is 10.0 Å². The zero-order valence-corrected chi connectivity index (χ0v) is 15.9. The first kappa shape index (κ1) is 19.5. The molecule has 0 aliphatic carbocycles. The molecular weight excluding hydrogens is 379 g/mol. The van der Waals surface area contributed by atoms with Crippen LogP contribution in [0.15, 0.2) is 71.6 Å². The highest BCUT2D eigenvalue weighted by Crippen LogP contribution is 2.33. The molecule has 1 heterocycles. The number of hydrogen-bond donors (Lipinski definition) is 1. The van der Waals surface area contributed by atoms with Gasteiger partial charge in [0.25, 0.3) is 10.0 Å². The minimum atomic E-state index is -3.79. The molecule has 0 fully saturated rings. The lowest BCUT2D eigenvalue weighted by Gasteiger charge is -2.12. The molecule has 0 amide bonds. The third-order valence-corrected chi connectivity index (χ3v) is 5.93. The van der Waals surface area contributed by atoms with Gasteiger partial charge in [-0.15, -0.1) is 12.4 Å². The van der Waals surface area contributed by atoms with Gasteiger partial charge in [0.05, 0.1) is 10.6 Å². The van der Waals surface area contributed by atoms with E-state index >= 15 is 0 Å². The van der Waals surface area contributed by atoms with E-state index in [1.165, 1.54) is 3.97 Å². The maximum atomic E-state index is 13.1. The lowest BCUT2D eigenvalue weighted by Crippen LogP contribution is -2.15. The molecule has 1 aromatic heterocycles. The first-order chi connectivity index (χ1) is 11.6. The van der Waals surface area contributed by atoms with Gasteiger partial charge >= 0.3 is 0 Å². The fraction of sp³-hybridized carbons (Fsp3) is 0.111. The van der Waals surface area contributed by atoms with Crippen molar-refractivity contribution < 1.29 is 8.42 Å². The minimum absolute atomic E-state index is 0. The Morgan fingerprint density at radius 1 is 1.00 bits per heavy atom. The molecule has 0 unspecified atom stereocenters. The summed E-state index contributed by atoms with van der Waals surface area (Å²) in [6.07, 6.45) is 0. The number of halogens is 2. The van der Waals surface area contributed by atoms with Crippen molar-refractivity contribution in [3.63, 3.8) is 0 Å². The fourth-order valence-electron chi connectivity index (χ4n) is 2.58. The van der Waals surface area contributed by atoms with Crippen molar-refractivity contribution in [2.45, 2.75) is 11.4 Å². The summed E-state index contributed by atoms with van der Waals surface area (Å²) in [5.41, 5.74) is 2.08. The standard InChI is InChI=1S/C18H17ClN2O2S.ClH/c1-20-13-15-12-17(14-8-4-2-5-9-14)21(18(15)19)24(22,23)16-10-6-3-7-11-16;/h2-12,20H,13H2,1H3;1H. The Morgan fingerprint density at radius 2 is 1.56 bits per heavy atom. The van der Waals surface area contributed by atoms with E-state index in [0.717, 1.165) is 11.1 Å². The average molecular weight is 397 g/mol. The van der Waals surface area contributed by atoms with Crippen molar-refractivity contribution in [2.75, 3.05) is 7.05 Å². The summed E-state index contributed by atoms with van der Waals surface area (Å²) in [5.74, 6) is 0. The van der Waals surface area contributed by atoms with Gasteiger partial charge < -0.3 is 5.32 Å². The van der Waals surface area contributed by atoms with E-state index in [1.54, 1.807) is 37.4 Å². The Morgan fingerprint density at radius 3 is 2.12 bits per heavy atom. The molecule has 0 aliphatic heterocycles. The SMILES string of the molecule is CNCc1cc(-c2ccccc2)n(S(=O)(=O)c2ccccc2)c1Cl.Cl. The number of nitrogens with zero attached hydrogens (tertiary/aromatic N) is 1. The van der Waals surface area contributed by atoms with Crippen molar-refractivity contribution >= 4 is 34.0 Å². The third-order valence-electron chi connectivity index (χ3n) is 3.69. The molecule has 0 radical (unpaired) electrons. The van der Waals surface area contributed by atoms with Gasteiger partial charge in [-0.1, -0.05) is 60.1 Å². The minimum Gasteiger partial charge on any atom is -0.316 e. The Hall–Kier alpha value is -1.79. The molecule has 0 spiro atoms. The summed E-state index contributed by atoms with van der Waals surface area (Å²) in [6, 6.07) is 19.5. The smallest absolute Gasteiger partial charge is 0.269 e. The molecule has 4 nitrogen and oxygen atoms in total. The molecule has 7 heteroatoms. The van der Waals surface area contributed by atoms with Crippen LogP contribution in [0.5, 0.6) is 0 Å². The van der Waals surface area contributed by atoms with Gasteiger partial charge in [-0.2, -0.15) is 0 Å². The van der Waals surface area contributed by atoms with Gasteiger partial charge in [0, 0.05) is 12.1 Å². The molecule has 3 aromatic rings. The molecule has 3 rings (SSSR count). The van der Waals surface area contributed by atoms with Crippen LogP contribution in [0.1, 0.15) is 5.56 Å². The second-order valence-corrected chi connectivity index (χ2v) is 7.47. The van der Waals surface area contributed by atoms with Crippen LogP contribution >= 0.6 is 24.0 Å². The average Bonchev–Trinajstić information content (AvgIpc) is 2.94. The quantitative estimate of drug-likeness (QED) is 0.703. The van der Waals surface area contributed by atoms with Crippen LogP contribution in [-0.2, 0) is 16.6 Å². The lowest BCUT2D eigenvalue weighted by atomic mass is 10.1. The van der Waals surface area contributed by atoms with Crippen LogP contribution in [0, 0.1) is 0 Å². The molecule has 0 aliphatic rings. The normalized spacial score (nSPS) is 11.1. The molecule has 1 N–H and O–H groups in total. The first-order valence-electron chi connectivity index (χ1n) is 7.46. The van der Waals surface area contributed by atoms with Crippen LogP contribution in [0.25, 0.3) is 11.3 Å². The second kappa shape index (κ2) is 8.06. The summed E-state index contributed by atoms with van der Waals surface area (Å²) in [4.78, 5) is 0.204. The first-order valence-corrected chi connectivity index (χ1v) is 9.28. The van der Waals surface area contributed by atoms with Crippen LogP contribution < -0.4 is 5.32 Å². The maximum absolute atomic E-state index is 13.1. The van der Waals surface area contributed by atoms with Gasteiger partial charge in [-0.05, 0) is 30.8 Å². The van der Waals surface area contributed by atoms with Crippen molar-refractivity contribution in [3.05, 3.63) is 77.4 Å². The van der Waals surface area contributed by atoms with Crippen molar-refractivity contribution in [2.24, 2.45) is 0 Å². The van der Waals surface area contributed by atoms with E-state index in [1.807, 2.05) is 36.4 Å². The van der Waals surface area contributed by atoms with Gasteiger partial charge in [0.15, 0.2) is 0 Å². The van der Waals surface area contributed by atoms with E-state index in [-0.39, 0.29) is 22.5 Å². The zero-order chi connectivity index (χ0) is 17.2. The Labute approximate surface area is 158 Å². The highest BCUT2D eigenvalue weighted by molar-refractivity contribution is 7.90. The molecular formula is C18H18Cl2N2O2S. The van der Waals surface area contributed by atoms with Crippen LogP contribution in [0.4, 0.5) is 0 Å². The predicted octanol–water partition coefficient (Wildman–Crippen LogP) is 4.19. The number of nitrogens with one attached hydrogen (secondary N) is 1. The van der Waals surface area contributed by atoms with Crippen LogP contribution in [-0.4, -0.2) is 19.4 Å². The second-order valence-electron chi connectivity index (χ2n) is 5.32. The zero-order valence-electron chi connectivity index (χ0n) is 13.5. The van der Waals surface area contributed by atoms with Crippen LogP contribution in [0.2, 0.25) is 5.15 Å². The number of aromatic nitrogens is 1. The molecule has 0 bridgehead atoms. The van der Waals surface area contributed by atoms with Crippen LogP contribution in [0.3, 0.4) is 0 Å². The summed E-state index contributed by atoms with van der Waals surface area (Å²) >= 11 is 6.44. The highest BCUT2D eigenvalue weighted by atomic mass is 35.5. The van der Waals surface area contributed by atoms with E-state index in [9.17, 15) is 8.42 Å². The Balaban J connectivity index is 0.00000225. The van der Waals surface area contributed by atoms with E-state index in [4.69, 9.17) is 11.6 Å². The number of hydrogen-bond acceptors (Lipinski definition) is 3. The molecule has 0 atom stereocenters. The van der Waals surface area contributed by atoms with Gasteiger partial charge in [-0.3, -0.25) is 0 Å². The Bertz CT molecular complexity index is 940. The number of rotatable bonds is 5. The number of benzene rings is 2.